The number of nitrogens with one attached hydrogen (secondary N) is 2. The van der Waals surface area contributed by atoms with E-state index in [9.17, 15) is 0 Å². The van der Waals surface area contributed by atoms with Gasteiger partial charge in [-0.2, -0.15) is 0 Å². The van der Waals surface area contributed by atoms with E-state index in [4.69, 9.17) is 0 Å². The predicted molar refractivity (Wildman–Crippen MR) is 61.1 cm³/mol. The first-order valence-corrected chi connectivity index (χ1v) is 5.22. The van der Waals surface area contributed by atoms with Gasteiger partial charge in [-0.15, -0.1) is 0 Å². The van der Waals surface area contributed by atoms with Crippen molar-refractivity contribution in [3.05, 3.63) is 28.8 Å². The van der Waals surface area contributed by atoms with Crippen LogP contribution >= 0.6 is 0 Å². The van der Waals surface area contributed by atoms with Crippen LogP contribution in [-0.4, -0.2) is 20.1 Å². The van der Waals surface area contributed by atoms with E-state index in [1.165, 1.54) is 22.4 Å². The van der Waals surface area contributed by atoms with Gasteiger partial charge in [0, 0.05) is 24.7 Å². The fraction of sp³-hybridized carbons (Fsp3) is 0.500. The topological polar surface area (TPSA) is 24.1 Å². The molecule has 2 rings (SSSR count). The summed E-state index contributed by atoms with van der Waals surface area (Å²) in [5, 5.41) is 6.73. The molecule has 1 unspecified atom stereocenters. The molecule has 0 aliphatic carbocycles. The Kier molecular flexibility index (Phi) is 2.46. The molecular formula is C12H18N2. The van der Waals surface area contributed by atoms with Crippen molar-refractivity contribution in [3.63, 3.8) is 0 Å². The monoisotopic (exact) mass is 190 g/mol. The Labute approximate surface area is 85.7 Å². The molecule has 0 fully saturated rings. The van der Waals surface area contributed by atoms with Gasteiger partial charge in [0.25, 0.3) is 0 Å². The van der Waals surface area contributed by atoms with Crippen LogP contribution in [0.1, 0.15) is 22.6 Å². The van der Waals surface area contributed by atoms with Crippen LogP contribution in [0.15, 0.2) is 12.1 Å². The van der Waals surface area contributed by atoms with Gasteiger partial charge in [-0.25, -0.2) is 0 Å². The lowest BCUT2D eigenvalue weighted by Gasteiger charge is -2.12. The molecule has 76 valence electrons. The van der Waals surface area contributed by atoms with E-state index in [-0.39, 0.29) is 0 Å². The van der Waals surface area contributed by atoms with Crippen molar-refractivity contribution in [2.75, 3.05) is 25.5 Å². The second kappa shape index (κ2) is 3.62. The Morgan fingerprint density at radius 1 is 1.43 bits per heavy atom. The fourth-order valence-corrected chi connectivity index (χ4v) is 2.42. The van der Waals surface area contributed by atoms with Gasteiger partial charge in [0.15, 0.2) is 0 Å². The molecule has 0 saturated heterocycles. The van der Waals surface area contributed by atoms with Crippen LogP contribution in [0.25, 0.3) is 0 Å². The quantitative estimate of drug-likeness (QED) is 0.745. The Bertz CT molecular complexity index is 344. The molecule has 0 aromatic heterocycles. The van der Waals surface area contributed by atoms with E-state index >= 15 is 0 Å². The van der Waals surface area contributed by atoms with Crippen LogP contribution in [0.3, 0.4) is 0 Å². The van der Waals surface area contributed by atoms with E-state index < -0.39 is 0 Å². The highest BCUT2D eigenvalue weighted by Crippen LogP contribution is 2.34. The largest absolute Gasteiger partial charge is 0.384 e. The summed E-state index contributed by atoms with van der Waals surface area (Å²) in [7, 11) is 2.02. The number of fused-ring (bicyclic) bond motifs is 1. The Balaban J connectivity index is 2.39. The van der Waals surface area contributed by atoms with Crippen LogP contribution in [0.5, 0.6) is 0 Å². The number of anilines is 1. The van der Waals surface area contributed by atoms with Crippen LogP contribution in [0, 0.1) is 13.8 Å². The average Bonchev–Trinajstić information content (AvgIpc) is 2.49. The molecular weight excluding hydrogens is 172 g/mol. The summed E-state index contributed by atoms with van der Waals surface area (Å²) in [5.41, 5.74) is 5.61. The van der Waals surface area contributed by atoms with E-state index in [0.717, 1.165) is 13.1 Å². The first kappa shape index (κ1) is 9.53. The summed E-state index contributed by atoms with van der Waals surface area (Å²) in [6.45, 7) is 6.49. The zero-order chi connectivity index (χ0) is 10.1. The van der Waals surface area contributed by atoms with Crippen molar-refractivity contribution in [1.82, 2.24) is 5.32 Å². The molecule has 0 spiro atoms. The molecule has 2 nitrogen and oxygen atoms in total. The molecule has 1 heterocycles. The summed E-state index contributed by atoms with van der Waals surface area (Å²) in [5.74, 6) is 0.635. The molecule has 0 bridgehead atoms. The Morgan fingerprint density at radius 2 is 2.21 bits per heavy atom. The SMILES string of the molecule is CNCC1CNc2cc(C)cc(C)c21. The summed E-state index contributed by atoms with van der Waals surface area (Å²) in [6, 6.07) is 4.52. The predicted octanol–water partition coefficient (Wildman–Crippen LogP) is 2.03. The van der Waals surface area contributed by atoms with E-state index in [1.54, 1.807) is 0 Å². The smallest absolute Gasteiger partial charge is 0.0382 e. The third-order valence-electron chi connectivity index (χ3n) is 2.93. The highest BCUT2D eigenvalue weighted by molar-refractivity contribution is 5.62. The normalized spacial score (nSPS) is 19.2. The standard InChI is InChI=1S/C12H18N2/c1-8-4-9(2)12-10(6-13-3)7-14-11(12)5-8/h4-5,10,13-14H,6-7H2,1-3H3. The van der Waals surface area contributed by atoms with Gasteiger partial charge in [-0.1, -0.05) is 6.07 Å². The molecule has 1 aliphatic heterocycles. The minimum Gasteiger partial charge on any atom is -0.384 e. The number of hydrogen-bond donors (Lipinski definition) is 2. The van der Waals surface area contributed by atoms with Crippen molar-refractivity contribution < 1.29 is 0 Å². The second-order valence-electron chi connectivity index (χ2n) is 4.18. The van der Waals surface area contributed by atoms with E-state index in [2.05, 4.69) is 36.6 Å². The van der Waals surface area contributed by atoms with Crippen LogP contribution in [0.4, 0.5) is 5.69 Å². The lowest BCUT2D eigenvalue weighted by atomic mass is 9.95. The maximum absolute atomic E-state index is 3.48. The highest BCUT2D eigenvalue weighted by atomic mass is 14.9. The summed E-state index contributed by atoms with van der Waals surface area (Å²) >= 11 is 0. The molecule has 2 N–H and O–H groups in total. The molecule has 1 aromatic rings. The zero-order valence-corrected chi connectivity index (χ0v) is 9.15. The lowest BCUT2D eigenvalue weighted by molar-refractivity contribution is 0.671. The van der Waals surface area contributed by atoms with Gasteiger partial charge in [0.05, 0.1) is 0 Å². The molecule has 0 saturated carbocycles. The molecule has 0 radical (unpaired) electrons. The molecule has 1 atom stereocenters. The van der Waals surface area contributed by atoms with Crippen molar-refractivity contribution >= 4 is 5.69 Å². The Morgan fingerprint density at radius 3 is 2.93 bits per heavy atom. The maximum Gasteiger partial charge on any atom is 0.0382 e. The summed E-state index contributed by atoms with van der Waals surface area (Å²) in [4.78, 5) is 0. The lowest BCUT2D eigenvalue weighted by Crippen LogP contribution is -2.18. The molecule has 2 heteroatoms. The van der Waals surface area contributed by atoms with E-state index in [0.29, 0.717) is 5.92 Å². The first-order chi connectivity index (χ1) is 6.72. The Hall–Kier alpha value is -1.02. The van der Waals surface area contributed by atoms with Gasteiger partial charge in [-0.3, -0.25) is 0 Å². The van der Waals surface area contributed by atoms with Crippen molar-refractivity contribution in [2.24, 2.45) is 0 Å². The number of benzene rings is 1. The number of likely N-dealkylation sites (N-methyl/N-ethyl adjacent to an activating group) is 1. The maximum atomic E-state index is 3.48. The zero-order valence-electron chi connectivity index (χ0n) is 9.15. The van der Waals surface area contributed by atoms with Crippen molar-refractivity contribution in [2.45, 2.75) is 19.8 Å². The second-order valence-corrected chi connectivity index (χ2v) is 4.18. The van der Waals surface area contributed by atoms with Crippen LogP contribution in [0.2, 0.25) is 0 Å². The number of rotatable bonds is 2. The summed E-state index contributed by atoms with van der Waals surface area (Å²) in [6.07, 6.45) is 0. The van der Waals surface area contributed by atoms with E-state index in [1.807, 2.05) is 7.05 Å². The minimum absolute atomic E-state index is 0.635. The number of aryl methyl sites for hydroxylation is 2. The van der Waals surface area contributed by atoms with Crippen molar-refractivity contribution in [3.8, 4) is 0 Å². The third-order valence-corrected chi connectivity index (χ3v) is 2.93. The molecule has 14 heavy (non-hydrogen) atoms. The fourth-order valence-electron chi connectivity index (χ4n) is 2.42. The molecule has 1 aliphatic rings. The van der Waals surface area contributed by atoms with Crippen LogP contribution in [-0.2, 0) is 0 Å². The van der Waals surface area contributed by atoms with Gasteiger partial charge in [0.2, 0.25) is 0 Å². The highest BCUT2D eigenvalue weighted by Gasteiger charge is 2.23. The molecule has 0 amide bonds. The minimum atomic E-state index is 0.635. The van der Waals surface area contributed by atoms with Gasteiger partial charge >= 0.3 is 0 Å². The molecule has 1 aromatic carbocycles. The first-order valence-electron chi connectivity index (χ1n) is 5.22. The van der Waals surface area contributed by atoms with Crippen LogP contribution < -0.4 is 10.6 Å². The third kappa shape index (κ3) is 1.50. The van der Waals surface area contributed by atoms with Gasteiger partial charge < -0.3 is 10.6 Å². The van der Waals surface area contributed by atoms with Gasteiger partial charge in [0.1, 0.15) is 0 Å². The number of hydrogen-bond acceptors (Lipinski definition) is 2. The summed E-state index contributed by atoms with van der Waals surface area (Å²) < 4.78 is 0. The van der Waals surface area contributed by atoms with Gasteiger partial charge in [-0.05, 0) is 43.7 Å². The average molecular weight is 190 g/mol. The van der Waals surface area contributed by atoms with Crippen molar-refractivity contribution in [1.29, 1.82) is 0 Å².